The highest BCUT2D eigenvalue weighted by molar-refractivity contribution is 5.08. The van der Waals surface area contributed by atoms with Gasteiger partial charge in [0.05, 0.1) is 0 Å². The van der Waals surface area contributed by atoms with E-state index in [9.17, 15) is 5.11 Å². The van der Waals surface area contributed by atoms with Gasteiger partial charge in [-0.25, -0.2) is 4.98 Å². The van der Waals surface area contributed by atoms with Crippen molar-refractivity contribution < 1.29 is 5.11 Å². The fourth-order valence-electron chi connectivity index (χ4n) is 3.61. The molecule has 1 aromatic heterocycles. The lowest BCUT2D eigenvalue weighted by Gasteiger charge is -2.36. The molecule has 2 unspecified atom stereocenters. The molecule has 0 saturated heterocycles. The zero-order valence-electron chi connectivity index (χ0n) is 11.3. The molecule has 2 atom stereocenters. The van der Waals surface area contributed by atoms with Gasteiger partial charge in [-0.2, -0.15) is 0 Å². The topological polar surface area (TPSA) is 38.0 Å². The van der Waals surface area contributed by atoms with Crippen LogP contribution in [0, 0.1) is 11.8 Å². The first-order chi connectivity index (χ1) is 8.73. The van der Waals surface area contributed by atoms with Gasteiger partial charge in [-0.05, 0) is 56.8 Å². The minimum atomic E-state index is -0.663. The molecule has 0 spiro atoms. The second-order valence-electron chi connectivity index (χ2n) is 6.17. The summed E-state index contributed by atoms with van der Waals surface area (Å²) in [4.78, 5) is 4.46. The first kappa shape index (κ1) is 12.2. The van der Waals surface area contributed by atoms with Gasteiger partial charge in [0.15, 0.2) is 0 Å². The first-order valence-electron chi connectivity index (χ1n) is 7.47. The van der Waals surface area contributed by atoms with Crippen molar-refractivity contribution in [3.63, 3.8) is 0 Å². The highest BCUT2D eigenvalue weighted by Gasteiger charge is 2.43. The maximum absolute atomic E-state index is 11.0. The number of imidazole rings is 1. The zero-order valence-corrected chi connectivity index (χ0v) is 11.3. The Morgan fingerprint density at radius 1 is 1.39 bits per heavy atom. The summed E-state index contributed by atoms with van der Waals surface area (Å²) in [6, 6.07) is 0. The van der Waals surface area contributed by atoms with Crippen LogP contribution in [0.4, 0.5) is 0 Å². The monoisotopic (exact) mass is 248 g/mol. The molecule has 1 aromatic rings. The molecule has 2 aliphatic carbocycles. The molecule has 0 aliphatic heterocycles. The van der Waals surface area contributed by atoms with Gasteiger partial charge in [-0.3, -0.25) is 0 Å². The molecular formula is C15H24N2O. The number of aliphatic hydroxyl groups is 1. The van der Waals surface area contributed by atoms with Crippen LogP contribution in [0.1, 0.15) is 57.7 Å². The highest BCUT2D eigenvalue weighted by atomic mass is 16.3. The molecule has 100 valence electrons. The minimum absolute atomic E-state index is 0.663. The van der Waals surface area contributed by atoms with Crippen molar-refractivity contribution in [2.24, 2.45) is 11.8 Å². The molecule has 1 heterocycles. The third-order valence-corrected chi connectivity index (χ3v) is 4.65. The van der Waals surface area contributed by atoms with Crippen LogP contribution in [0.2, 0.25) is 0 Å². The summed E-state index contributed by atoms with van der Waals surface area (Å²) in [6.45, 7) is 3.13. The Hall–Kier alpha value is -0.830. The first-order valence-corrected chi connectivity index (χ1v) is 7.47. The third-order valence-electron chi connectivity index (χ3n) is 4.65. The number of aryl methyl sites for hydroxylation is 1. The fraction of sp³-hybridized carbons (Fsp3) is 0.800. The predicted molar refractivity (Wildman–Crippen MR) is 71.1 cm³/mol. The molecule has 0 bridgehead atoms. The number of nitrogens with zero attached hydrogens (tertiary/aromatic N) is 2. The lowest BCUT2D eigenvalue weighted by molar-refractivity contribution is -0.0352. The van der Waals surface area contributed by atoms with E-state index in [-0.39, 0.29) is 0 Å². The van der Waals surface area contributed by atoms with Crippen LogP contribution in [0.15, 0.2) is 12.4 Å². The Morgan fingerprint density at radius 2 is 2.22 bits per heavy atom. The molecule has 3 nitrogen and oxygen atoms in total. The summed E-state index contributed by atoms with van der Waals surface area (Å²) < 4.78 is 2.15. The van der Waals surface area contributed by atoms with Gasteiger partial charge in [-0.15, -0.1) is 0 Å². The summed E-state index contributed by atoms with van der Waals surface area (Å²) in [5.41, 5.74) is -0.663. The van der Waals surface area contributed by atoms with Crippen LogP contribution in [0.25, 0.3) is 0 Å². The molecule has 3 rings (SSSR count). The van der Waals surface area contributed by atoms with Crippen molar-refractivity contribution in [3.05, 3.63) is 18.2 Å². The Labute approximate surface area is 109 Å². The number of aromatic nitrogens is 2. The van der Waals surface area contributed by atoms with Crippen LogP contribution < -0.4 is 0 Å². The standard InChI is InChI=1S/C15H24N2O/c1-2-9-17-10-8-16-14(17)15(18)7-3-4-13(11-15)12-5-6-12/h8,10,12-13,18H,2-7,9,11H2,1H3. The summed E-state index contributed by atoms with van der Waals surface area (Å²) in [7, 11) is 0. The van der Waals surface area contributed by atoms with Gasteiger partial charge in [0.25, 0.3) is 0 Å². The van der Waals surface area contributed by atoms with E-state index in [1.165, 1.54) is 19.3 Å². The van der Waals surface area contributed by atoms with Gasteiger partial charge in [0.1, 0.15) is 11.4 Å². The van der Waals surface area contributed by atoms with Gasteiger partial charge in [-0.1, -0.05) is 6.92 Å². The van der Waals surface area contributed by atoms with Crippen molar-refractivity contribution in [2.75, 3.05) is 0 Å². The normalized spacial score (nSPS) is 32.7. The summed E-state index contributed by atoms with van der Waals surface area (Å²) >= 11 is 0. The molecular weight excluding hydrogens is 224 g/mol. The largest absolute Gasteiger partial charge is 0.382 e. The number of rotatable bonds is 4. The van der Waals surface area contributed by atoms with Gasteiger partial charge < -0.3 is 9.67 Å². The Balaban J connectivity index is 1.81. The number of hydrogen-bond acceptors (Lipinski definition) is 2. The molecule has 0 radical (unpaired) electrons. The maximum Gasteiger partial charge on any atom is 0.140 e. The molecule has 2 saturated carbocycles. The van der Waals surface area contributed by atoms with E-state index < -0.39 is 5.60 Å². The summed E-state index contributed by atoms with van der Waals surface area (Å²) in [5, 5.41) is 11.0. The zero-order chi connectivity index (χ0) is 12.6. The van der Waals surface area contributed by atoms with E-state index in [2.05, 4.69) is 16.5 Å². The van der Waals surface area contributed by atoms with E-state index in [1.807, 2.05) is 12.4 Å². The maximum atomic E-state index is 11.0. The van der Waals surface area contributed by atoms with Crippen molar-refractivity contribution >= 4 is 0 Å². The van der Waals surface area contributed by atoms with E-state index in [1.54, 1.807) is 0 Å². The molecule has 2 aliphatic rings. The van der Waals surface area contributed by atoms with Crippen LogP contribution in [-0.4, -0.2) is 14.7 Å². The van der Waals surface area contributed by atoms with Crippen LogP contribution in [0.3, 0.4) is 0 Å². The minimum Gasteiger partial charge on any atom is -0.382 e. The Morgan fingerprint density at radius 3 is 2.94 bits per heavy atom. The number of hydrogen-bond donors (Lipinski definition) is 1. The van der Waals surface area contributed by atoms with Crippen molar-refractivity contribution in [3.8, 4) is 0 Å². The smallest absolute Gasteiger partial charge is 0.140 e. The SMILES string of the molecule is CCCn1ccnc1C1(O)CCCC(C2CC2)C1. The lowest BCUT2D eigenvalue weighted by Crippen LogP contribution is -2.36. The van der Waals surface area contributed by atoms with Crippen molar-refractivity contribution in [1.82, 2.24) is 9.55 Å². The second-order valence-corrected chi connectivity index (χ2v) is 6.17. The third kappa shape index (κ3) is 2.20. The lowest BCUT2D eigenvalue weighted by atomic mass is 9.75. The van der Waals surface area contributed by atoms with Crippen LogP contribution in [0.5, 0.6) is 0 Å². The van der Waals surface area contributed by atoms with E-state index >= 15 is 0 Å². The fourth-order valence-corrected chi connectivity index (χ4v) is 3.61. The van der Waals surface area contributed by atoms with Gasteiger partial charge in [0.2, 0.25) is 0 Å². The predicted octanol–water partition coefficient (Wildman–Crippen LogP) is 3.08. The Bertz CT molecular complexity index is 410. The molecule has 18 heavy (non-hydrogen) atoms. The van der Waals surface area contributed by atoms with Crippen molar-refractivity contribution in [1.29, 1.82) is 0 Å². The summed E-state index contributed by atoms with van der Waals surface area (Å²) in [6.07, 6.45) is 12.0. The summed E-state index contributed by atoms with van der Waals surface area (Å²) in [5.74, 6) is 2.54. The quantitative estimate of drug-likeness (QED) is 0.889. The van der Waals surface area contributed by atoms with E-state index in [0.29, 0.717) is 0 Å². The van der Waals surface area contributed by atoms with E-state index in [0.717, 1.165) is 49.9 Å². The average Bonchev–Trinajstić information content (AvgIpc) is 3.10. The molecule has 1 N–H and O–H groups in total. The van der Waals surface area contributed by atoms with Crippen LogP contribution >= 0.6 is 0 Å². The molecule has 3 heteroatoms. The van der Waals surface area contributed by atoms with Crippen LogP contribution in [-0.2, 0) is 12.1 Å². The second kappa shape index (κ2) is 4.69. The highest BCUT2D eigenvalue weighted by Crippen LogP contribution is 2.49. The van der Waals surface area contributed by atoms with Crippen molar-refractivity contribution in [2.45, 2.75) is 64.0 Å². The van der Waals surface area contributed by atoms with Gasteiger partial charge in [0, 0.05) is 18.9 Å². The molecule has 0 amide bonds. The average molecular weight is 248 g/mol. The Kier molecular flexibility index (Phi) is 3.18. The molecule has 2 fully saturated rings. The molecule has 0 aromatic carbocycles. The van der Waals surface area contributed by atoms with E-state index in [4.69, 9.17) is 0 Å². The van der Waals surface area contributed by atoms with Gasteiger partial charge >= 0.3 is 0 Å².